The molecule has 1 heterocycles. The highest BCUT2D eigenvalue weighted by atomic mass is 35.5. The Bertz CT molecular complexity index is 1030. The minimum Gasteiger partial charge on any atom is -0.452 e. The number of rotatable bonds is 6. The van der Waals surface area contributed by atoms with Crippen LogP contribution < -0.4 is 10.2 Å². The molecule has 0 atom stereocenters. The number of hydrogen-bond donors (Lipinski definition) is 1. The van der Waals surface area contributed by atoms with Gasteiger partial charge >= 0.3 is 5.97 Å². The first kappa shape index (κ1) is 23.1. The number of nitrogens with zero attached hydrogens (tertiary/aromatic N) is 2. The van der Waals surface area contributed by atoms with Crippen molar-refractivity contribution in [3.8, 4) is 0 Å². The number of benzene rings is 2. The van der Waals surface area contributed by atoms with Gasteiger partial charge in [0.1, 0.15) is 0 Å². The van der Waals surface area contributed by atoms with E-state index in [-0.39, 0.29) is 32.0 Å². The summed E-state index contributed by atoms with van der Waals surface area (Å²) in [6.45, 7) is 1.29. The van der Waals surface area contributed by atoms with E-state index in [9.17, 15) is 19.7 Å². The summed E-state index contributed by atoms with van der Waals surface area (Å²) in [5, 5.41) is 14.2. The number of non-ortho nitro benzene ring substituents is 1. The summed E-state index contributed by atoms with van der Waals surface area (Å²) < 4.78 is 10.4. The zero-order chi connectivity index (χ0) is 22.5. The smallest absolute Gasteiger partial charge is 0.341 e. The number of hydrogen-bond acceptors (Lipinski definition) is 7. The van der Waals surface area contributed by atoms with Crippen molar-refractivity contribution in [2.24, 2.45) is 0 Å². The summed E-state index contributed by atoms with van der Waals surface area (Å²) in [4.78, 5) is 37.2. The third-order valence-electron chi connectivity index (χ3n) is 4.38. The summed E-state index contributed by atoms with van der Waals surface area (Å²) in [5.41, 5.74) is 0.376. The standard InChI is InChI=1S/C19H16Cl3N3O6/c20-13-8-15(22)16(9-14(13)21)23-18(26)10-31-19(27)12-7-11(25(28)29)1-2-17(12)24-3-5-30-6-4-24/h1-2,7-9H,3-6,10H2,(H,23,26). The Kier molecular flexibility index (Phi) is 7.55. The van der Waals surface area contributed by atoms with Crippen LogP contribution in [-0.4, -0.2) is 49.7 Å². The number of esters is 1. The molecule has 164 valence electrons. The number of amides is 1. The summed E-state index contributed by atoms with van der Waals surface area (Å²) in [7, 11) is 0. The van der Waals surface area contributed by atoms with E-state index >= 15 is 0 Å². The van der Waals surface area contributed by atoms with Crippen LogP contribution in [0.3, 0.4) is 0 Å². The first-order valence-corrected chi connectivity index (χ1v) is 10.1. The van der Waals surface area contributed by atoms with Crippen LogP contribution in [0.2, 0.25) is 15.1 Å². The van der Waals surface area contributed by atoms with Crippen LogP contribution in [0.4, 0.5) is 17.1 Å². The van der Waals surface area contributed by atoms with Crippen LogP contribution in [0.1, 0.15) is 10.4 Å². The molecule has 9 nitrogen and oxygen atoms in total. The molecule has 1 N–H and O–H groups in total. The van der Waals surface area contributed by atoms with Gasteiger partial charge in [-0.15, -0.1) is 0 Å². The lowest BCUT2D eigenvalue weighted by Crippen LogP contribution is -2.37. The molecule has 0 saturated carbocycles. The molecule has 1 amide bonds. The molecule has 1 aliphatic rings. The number of carbonyl (C=O) groups is 2. The van der Waals surface area contributed by atoms with E-state index in [1.807, 2.05) is 4.90 Å². The topological polar surface area (TPSA) is 111 Å². The highest BCUT2D eigenvalue weighted by Crippen LogP contribution is 2.32. The molecule has 1 fully saturated rings. The molecule has 0 unspecified atom stereocenters. The Labute approximate surface area is 191 Å². The van der Waals surface area contributed by atoms with Gasteiger partial charge in [0, 0.05) is 25.2 Å². The average Bonchev–Trinajstić information content (AvgIpc) is 2.76. The molecule has 0 aliphatic carbocycles. The van der Waals surface area contributed by atoms with Gasteiger partial charge in [-0.2, -0.15) is 0 Å². The van der Waals surface area contributed by atoms with Crippen molar-refractivity contribution in [1.29, 1.82) is 0 Å². The predicted molar refractivity (Wildman–Crippen MR) is 117 cm³/mol. The van der Waals surface area contributed by atoms with Gasteiger partial charge in [0.05, 0.1) is 50.1 Å². The van der Waals surface area contributed by atoms with E-state index in [2.05, 4.69) is 5.32 Å². The van der Waals surface area contributed by atoms with Crippen LogP contribution in [0.25, 0.3) is 0 Å². The first-order valence-electron chi connectivity index (χ1n) is 8.99. The molecular formula is C19H16Cl3N3O6. The highest BCUT2D eigenvalue weighted by molar-refractivity contribution is 6.44. The maximum absolute atomic E-state index is 12.7. The highest BCUT2D eigenvalue weighted by Gasteiger charge is 2.23. The SMILES string of the molecule is O=C(COC(=O)c1cc([N+](=O)[O-])ccc1N1CCOCC1)Nc1cc(Cl)c(Cl)cc1Cl. The maximum Gasteiger partial charge on any atom is 0.341 e. The third-order valence-corrected chi connectivity index (χ3v) is 5.42. The van der Waals surface area contributed by atoms with Crippen LogP contribution in [-0.2, 0) is 14.3 Å². The zero-order valence-corrected chi connectivity index (χ0v) is 18.2. The molecule has 1 aliphatic heterocycles. The lowest BCUT2D eigenvalue weighted by atomic mass is 10.1. The number of ether oxygens (including phenoxy) is 2. The number of nitro benzene ring substituents is 1. The fourth-order valence-electron chi connectivity index (χ4n) is 2.89. The minimum absolute atomic E-state index is 0.0172. The Morgan fingerprint density at radius 1 is 1.10 bits per heavy atom. The third kappa shape index (κ3) is 5.76. The fourth-order valence-corrected chi connectivity index (χ4v) is 3.49. The summed E-state index contributed by atoms with van der Waals surface area (Å²) in [6.07, 6.45) is 0. The summed E-state index contributed by atoms with van der Waals surface area (Å²) >= 11 is 17.8. The average molecular weight is 489 g/mol. The molecule has 0 bridgehead atoms. The molecule has 31 heavy (non-hydrogen) atoms. The number of halogens is 3. The van der Waals surface area contributed by atoms with Crippen molar-refractivity contribution >= 4 is 63.7 Å². The number of carbonyl (C=O) groups excluding carboxylic acids is 2. The second-order valence-electron chi connectivity index (χ2n) is 6.43. The van der Waals surface area contributed by atoms with Gasteiger partial charge in [-0.05, 0) is 18.2 Å². The predicted octanol–water partition coefficient (Wildman–Crippen LogP) is 4.19. The monoisotopic (exact) mass is 487 g/mol. The molecule has 2 aromatic carbocycles. The fraction of sp³-hybridized carbons (Fsp3) is 0.263. The summed E-state index contributed by atoms with van der Waals surface area (Å²) in [5.74, 6) is -1.55. The molecular weight excluding hydrogens is 473 g/mol. The van der Waals surface area contributed by atoms with E-state index in [1.54, 1.807) is 0 Å². The lowest BCUT2D eigenvalue weighted by molar-refractivity contribution is -0.384. The van der Waals surface area contributed by atoms with Crippen molar-refractivity contribution in [3.63, 3.8) is 0 Å². The van der Waals surface area contributed by atoms with E-state index in [4.69, 9.17) is 44.3 Å². The molecule has 3 rings (SSSR count). The van der Waals surface area contributed by atoms with E-state index < -0.39 is 23.4 Å². The van der Waals surface area contributed by atoms with Gasteiger partial charge in [-0.1, -0.05) is 34.8 Å². The van der Waals surface area contributed by atoms with Crippen molar-refractivity contribution in [2.45, 2.75) is 0 Å². The van der Waals surface area contributed by atoms with Gasteiger partial charge in [0.15, 0.2) is 6.61 Å². The van der Waals surface area contributed by atoms with Crippen molar-refractivity contribution < 1.29 is 24.0 Å². The van der Waals surface area contributed by atoms with E-state index in [0.717, 1.165) is 6.07 Å². The van der Waals surface area contributed by atoms with Crippen LogP contribution in [0, 0.1) is 10.1 Å². The van der Waals surface area contributed by atoms with Crippen LogP contribution in [0.15, 0.2) is 30.3 Å². The van der Waals surface area contributed by atoms with Gasteiger partial charge in [-0.25, -0.2) is 4.79 Å². The lowest BCUT2D eigenvalue weighted by Gasteiger charge is -2.30. The Morgan fingerprint density at radius 3 is 2.45 bits per heavy atom. The minimum atomic E-state index is -0.874. The number of anilines is 2. The van der Waals surface area contributed by atoms with Crippen molar-refractivity contribution in [2.75, 3.05) is 43.1 Å². The Hall–Kier alpha value is -2.59. The molecule has 2 aromatic rings. The maximum atomic E-state index is 12.7. The second kappa shape index (κ2) is 10.1. The normalized spacial score (nSPS) is 13.6. The molecule has 0 spiro atoms. The number of nitrogens with one attached hydrogen (secondary N) is 1. The molecule has 0 aromatic heterocycles. The van der Waals surface area contributed by atoms with Crippen LogP contribution >= 0.6 is 34.8 Å². The summed E-state index contributed by atoms with van der Waals surface area (Å²) in [6, 6.07) is 6.64. The van der Waals surface area contributed by atoms with Crippen molar-refractivity contribution in [1.82, 2.24) is 0 Å². The molecule has 12 heteroatoms. The van der Waals surface area contributed by atoms with Gasteiger partial charge in [0.2, 0.25) is 0 Å². The largest absolute Gasteiger partial charge is 0.452 e. The Balaban J connectivity index is 1.73. The molecule has 0 radical (unpaired) electrons. The molecule has 1 saturated heterocycles. The van der Waals surface area contributed by atoms with Gasteiger partial charge < -0.3 is 19.7 Å². The number of nitro groups is 1. The van der Waals surface area contributed by atoms with Crippen LogP contribution in [0.5, 0.6) is 0 Å². The Morgan fingerprint density at radius 2 is 1.77 bits per heavy atom. The second-order valence-corrected chi connectivity index (χ2v) is 7.65. The van der Waals surface area contributed by atoms with E-state index in [1.165, 1.54) is 24.3 Å². The van der Waals surface area contributed by atoms with Gasteiger partial charge in [-0.3, -0.25) is 14.9 Å². The first-order chi connectivity index (χ1) is 14.8. The van der Waals surface area contributed by atoms with Crippen molar-refractivity contribution in [3.05, 3.63) is 61.1 Å². The number of morpholine rings is 1. The van der Waals surface area contributed by atoms with E-state index in [0.29, 0.717) is 32.0 Å². The quantitative estimate of drug-likeness (QED) is 0.281. The van der Waals surface area contributed by atoms with Gasteiger partial charge in [0.25, 0.3) is 11.6 Å². The zero-order valence-electron chi connectivity index (χ0n) is 15.9.